The van der Waals surface area contributed by atoms with Crippen LogP contribution in [0.15, 0.2) is 41.3 Å². The fraction of sp³-hybridized carbons (Fsp3) is 0.100. The van der Waals surface area contributed by atoms with Crippen LogP contribution in [0.4, 0.5) is 0 Å². The summed E-state index contributed by atoms with van der Waals surface area (Å²) in [5.74, 6) is 0.807. The van der Waals surface area contributed by atoms with E-state index < -0.39 is 0 Å². The van der Waals surface area contributed by atoms with Crippen LogP contribution in [0.1, 0.15) is 5.56 Å². The smallest absolute Gasteiger partial charge is 0.181 e. The average Bonchev–Trinajstić information content (AvgIpc) is 2.71. The summed E-state index contributed by atoms with van der Waals surface area (Å²) in [5.41, 5.74) is 2.31. The number of aromatic nitrogens is 1. The van der Waals surface area contributed by atoms with Crippen molar-refractivity contribution in [2.75, 3.05) is 0 Å². The maximum absolute atomic E-state index is 5.17. The van der Waals surface area contributed by atoms with Crippen LogP contribution >= 0.6 is 15.9 Å². The highest BCUT2D eigenvalue weighted by Crippen LogP contribution is 2.19. The number of halogens is 1. The van der Waals surface area contributed by atoms with Gasteiger partial charge in [0.1, 0.15) is 0 Å². The second kappa shape index (κ2) is 3.75. The van der Waals surface area contributed by atoms with E-state index in [0.717, 1.165) is 16.7 Å². The molecule has 0 spiro atoms. The minimum absolute atomic E-state index is 0.807. The van der Waals surface area contributed by atoms with Gasteiger partial charge >= 0.3 is 0 Å². The molecule has 0 unspecified atom stereocenters. The van der Waals surface area contributed by atoms with Gasteiger partial charge in [-0.1, -0.05) is 40.2 Å². The zero-order chi connectivity index (χ0) is 9.10. The number of nitrogens with zero attached hydrogens (tertiary/aromatic N) is 1. The van der Waals surface area contributed by atoms with Gasteiger partial charge in [-0.3, -0.25) is 0 Å². The fourth-order valence-corrected chi connectivity index (χ4v) is 1.49. The molecule has 0 aliphatic heterocycles. The SMILES string of the molecule is BrCc1ccc(-c2cnco2)cc1. The third kappa shape index (κ3) is 1.80. The van der Waals surface area contributed by atoms with Gasteiger partial charge in [0.2, 0.25) is 0 Å². The number of hydrogen-bond donors (Lipinski definition) is 0. The van der Waals surface area contributed by atoms with Crippen LogP contribution in [0.25, 0.3) is 11.3 Å². The van der Waals surface area contributed by atoms with E-state index >= 15 is 0 Å². The Balaban J connectivity index is 2.33. The zero-order valence-electron chi connectivity index (χ0n) is 6.90. The fourth-order valence-electron chi connectivity index (χ4n) is 1.12. The Kier molecular flexibility index (Phi) is 2.45. The van der Waals surface area contributed by atoms with Gasteiger partial charge in [-0.15, -0.1) is 0 Å². The maximum Gasteiger partial charge on any atom is 0.181 e. The third-order valence-electron chi connectivity index (χ3n) is 1.83. The maximum atomic E-state index is 5.17. The van der Waals surface area contributed by atoms with E-state index in [9.17, 15) is 0 Å². The molecule has 13 heavy (non-hydrogen) atoms. The summed E-state index contributed by atoms with van der Waals surface area (Å²) in [6.45, 7) is 0. The molecule has 0 aliphatic rings. The molecule has 0 radical (unpaired) electrons. The van der Waals surface area contributed by atoms with E-state index in [2.05, 4.69) is 33.0 Å². The lowest BCUT2D eigenvalue weighted by atomic mass is 10.1. The number of hydrogen-bond acceptors (Lipinski definition) is 2. The lowest BCUT2D eigenvalue weighted by molar-refractivity contribution is 0.572. The predicted molar refractivity (Wildman–Crippen MR) is 54.6 cm³/mol. The highest BCUT2D eigenvalue weighted by Gasteiger charge is 1.99. The van der Waals surface area contributed by atoms with E-state index in [1.165, 1.54) is 12.0 Å². The first kappa shape index (κ1) is 8.51. The van der Waals surface area contributed by atoms with E-state index in [4.69, 9.17) is 4.42 Å². The van der Waals surface area contributed by atoms with Crippen molar-refractivity contribution >= 4 is 15.9 Å². The standard InChI is InChI=1S/C10H8BrNO/c11-5-8-1-3-9(4-2-8)10-6-12-7-13-10/h1-4,6-7H,5H2. The van der Waals surface area contributed by atoms with Crippen LogP contribution in [0.5, 0.6) is 0 Å². The van der Waals surface area contributed by atoms with Crippen molar-refractivity contribution in [2.45, 2.75) is 5.33 Å². The Labute approximate surface area is 84.7 Å². The molecule has 0 N–H and O–H groups in total. The topological polar surface area (TPSA) is 26.0 Å². The van der Waals surface area contributed by atoms with E-state index in [-0.39, 0.29) is 0 Å². The third-order valence-corrected chi connectivity index (χ3v) is 2.47. The van der Waals surface area contributed by atoms with Gasteiger partial charge in [-0.25, -0.2) is 4.98 Å². The molecule has 1 aromatic carbocycles. The molecular weight excluding hydrogens is 230 g/mol. The molecule has 2 rings (SSSR count). The van der Waals surface area contributed by atoms with Crippen molar-refractivity contribution in [3.05, 3.63) is 42.4 Å². The van der Waals surface area contributed by atoms with Crippen LogP contribution in [0.3, 0.4) is 0 Å². The Hall–Kier alpha value is -1.09. The van der Waals surface area contributed by atoms with Crippen LogP contribution < -0.4 is 0 Å². The van der Waals surface area contributed by atoms with Crippen LogP contribution in [0, 0.1) is 0 Å². The molecule has 1 aromatic heterocycles. The van der Waals surface area contributed by atoms with Gasteiger partial charge < -0.3 is 4.42 Å². The summed E-state index contributed by atoms with van der Waals surface area (Å²) in [4.78, 5) is 3.87. The molecule has 0 amide bonds. The van der Waals surface area contributed by atoms with Crippen LogP contribution in [-0.2, 0) is 5.33 Å². The Morgan fingerprint density at radius 3 is 2.54 bits per heavy atom. The van der Waals surface area contributed by atoms with Crippen molar-refractivity contribution in [1.29, 1.82) is 0 Å². The lowest BCUT2D eigenvalue weighted by Gasteiger charge is -1.97. The molecule has 0 saturated heterocycles. The van der Waals surface area contributed by atoms with Gasteiger partial charge in [-0.05, 0) is 5.56 Å². The Bertz CT molecular complexity index is 366. The summed E-state index contributed by atoms with van der Waals surface area (Å²) >= 11 is 3.39. The van der Waals surface area contributed by atoms with Crippen LogP contribution in [0.2, 0.25) is 0 Å². The second-order valence-corrected chi connectivity index (χ2v) is 3.26. The van der Waals surface area contributed by atoms with Gasteiger partial charge in [0, 0.05) is 10.9 Å². The molecule has 0 bridgehead atoms. The van der Waals surface area contributed by atoms with Crippen LogP contribution in [-0.4, -0.2) is 4.98 Å². The van der Waals surface area contributed by atoms with Gasteiger partial charge in [0.05, 0.1) is 6.20 Å². The van der Waals surface area contributed by atoms with Crippen molar-refractivity contribution in [1.82, 2.24) is 4.98 Å². The van der Waals surface area contributed by atoms with Crippen molar-refractivity contribution in [2.24, 2.45) is 0 Å². The Morgan fingerprint density at radius 2 is 2.00 bits per heavy atom. The van der Waals surface area contributed by atoms with E-state index in [1.807, 2.05) is 12.1 Å². The first-order valence-corrected chi connectivity index (χ1v) is 5.06. The summed E-state index contributed by atoms with van der Waals surface area (Å²) in [5, 5.41) is 0.879. The molecule has 2 nitrogen and oxygen atoms in total. The molecule has 3 heteroatoms. The number of oxazole rings is 1. The van der Waals surface area contributed by atoms with Gasteiger partial charge in [0.15, 0.2) is 12.2 Å². The predicted octanol–water partition coefficient (Wildman–Crippen LogP) is 3.24. The summed E-state index contributed by atoms with van der Waals surface area (Å²) in [7, 11) is 0. The van der Waals surface area contributed by atoms with Gasteiger partial charge in [-0.2, -0.15) is 0 Å². The largest absolute Gasteiger partial charge is 0.444 e. The summed E-state index contributed by atoms with van der Waals surface area (Å²) in [6.07, 6.45) is 3.15. The molecule has 66 valence electrons. The minimum Gasteiger partial charge on any atom is -0.444 e. The quantitative estimate of drug-likeness (QED) is 0.750. The normalized spacial score (nSPS) is 10.2. The number of alkyl halides is 1. The average molecular weight is 238 g/mol. The summed E-state index contributed by atoms with van der Waals surface area (Å²) < 4.78 is 5.17. The molecule has 0 fully saturated rings. The summed E-state index contributed by atoms with van der Waals surface area (Å²) in [6, 6.07) is 8.17. The highest BCUT2D eigenvalue weighted by molar-refractivity contribution is 9.08. The molecular formula is C10H8BrNO. The molecule has 0 atom stereocenters. The molecule has 1 heterocycles. The first-order chi connectivity index (χ1) is 6.40. The number of rotatable bonds is 2. The Morgan fingerprint density at radius 1 is 1.23 bits per heavy atom. The highest BCUT2D eigenvalue weighted by atomic mass is 79.9. The van der Waals surface area contributed by atoms with Crippen molar-refractivity contribution in [3.63, 3.8) is 0 Å². The molecule has 2 aromatic rings. The molecule has 0 aliphatic carbocycles. The van der Waals surface area contributed by atoms with Crippen molar-refractivity contribution in [3.8, 4) is 11.3 Å². The monoisotopic (exact) mass is 237 g/mol. The van der Waals surface area contributed by atoms with Gasteiger partial charge in [0.25, 0.3) is 0 Å². The van der Waals surface area contributed by atoms with E-state index in [1.54, 1.807) is 6.20 Å². The molecule has 0 saturated carbocycles. The zero-order valence-corrected chi connectivity index (χ0v) is 8.49. The minimum atomic E-state index is 0.807. The lowest BCUT2D eigenvalue weighted by Crippen LogP contribution is -1.77. The first-order valence-electron chi connectivity index (χ1n) is 3.94. The second-order valence-electron chi connectivity index (χ2n) is 2.70. The van der Waals surface area contributed by atoms with E-state index in [0.29, 0.717) is 0 Å². The van der Waals surface area contributed by atoms with Crippen molar-refractivity contribution < 1.29 is 4.42 Å². The number of benzene rings is 1.